The van der Waals surface area contributed by atoms with Gasteiger partial charge in [-0.2, -0.15) is 0 Å². The molecule has 0 spiro atoms. The second-order valence-corrected chi connectivity index (χ2v) is 5.38. The molecular formula is C12H23NO2. The number of amides is 1. The van der Waals surface area contributed by atoms with Gasteiger partial charge in [0, 0.05) is 12.5 Å². The molecule has 1 saturated carbocycles. The lowest BCUT2D eigenvalue weighted by molar-refractivity contribution is -0.130. The van der Waals surface area contributed by atoms with Crippen LogP contribution in [0.1, 0.15) is 46.5 Å². The third-order valence-electron chi connectivity index (χ3n) is 3.40. The fourth-order valence-corrected chi connectivity index (χ4v) is 2.35. The molecule has 3 nitrogen and oxygen atoms in total. The van der Waals surface area contributed by atoms with Crippen molar-refractivity contribution >= 4 is 5.91 Å². The largest absolute Gasteiger partial charge is 0.392 e. The molecule has 0 aromatic rings. The van der Waals surface area contributed by atoms with Gasteiger partial charge in [0.1, 0.15) is 0 Å². The number of hydrogen-bond donors (Lipinski definition) is 2. The van der Waals surface area contributed by atoms with Crippen LogP contribution in [0.15, 0.2) is 0 Å². The Balaban J connectivity index is 2.49. The van der Waals surface area contributed by atoms with E-state index in [-0.39, 0.29) is 17.2 Å². The molecule has 1 amide bonds. The molecule has 1 aliphatic rings. The van der Waals surface area contributed by atoms with Crippen molar-refractivity contribution < 1.29 is 9.90 Å². The molecule has 88 valence electrons. The van der Waals surface area contributed by atoms with Gasteiger partial charge in [0.25, 0.3) is 0 Å². The van der Waals surface area contributed by atoms with E-state index < -0.39 is 6.10 Å². The minimum absolute atomic E-state index is 0.112. The number of aliphatic hydroxyl groups excluding tert-OH is 1. The quantitative estimate of drug-likeness (QED) is 0.749. The Morgan fingerprint density at radius 2 is 2.20 bits per heavy atom. The highest BCUT2D eigenvalue weighted by atomic mass is 16.3. The van der Waals surface area contributed by atoms with Crippen molar-refractivity contribution in [3.05, 3.63) is 0 Å². The molecule has 1 aliphatic carbocycles. The van der Waals surface area contributed by atoms with E-state index in [1.807, 2.05) is 0 Å². The molecule has 0 bridgehead atoms. The number of rotatable bonds is 3. The summed E-state index contributed by atoms with van der Waals surface area (Å²) in [5.74, 6) is 0.227. The molecule has 0 aliphatic heterocycles. The fraction of sp³-hybridized carbons (Fsp3) is 0.917. The van der Waals surface area contributed by atoms with E-state index in [4.69, 9.17) is 5.11 Å². The first-order valence-electron chi connectivity index (χ1n) is 5.89. The topological polar surface area (TPSA) is 49.3 Å². The Bertz CT molecular complexity index is 224. The molecule has 0 aromatic carbocycles. The molecule has 2 N–H and O–H groups in total. The SMILES string of the molecule is C[C@H](O)CNC(=O)C1CCCCC1(C)C. The van der Waals surface area contributed by atoms with E-state index in [1.54, 1.807) is 6.92 Å². The Labute approximate surface area is 92.3 Å². The number of carbonyl (C=O) groups excluding carboxylic acids is 1. The van der Waals surface area contributed by atoms with Crippen LogP contribution in [0.2, 0.25) is 0 Å². The Hall–Kier alpha value is -0.570. The zero-order valence-electron chi connectivity index (χ0n) is 10.0. The Morgan fingerprint density at radius 1 is 1.53 bits per heavy atom. The van der Waals surface area contributed by atoms with Gasteiger partial charge in [0.2, 0.25) is 5.91 Å². The lowest BCUT2D eigenvalue weighted by Crippen LogP contribution is -2.43. The van der Waals surface area contributed by atoms with Gasteiger partial charge in [-0.1, -0.05) is 26.7 Å². The predicted molar refractivity (Wildman–Crippen MR) is 60.4 cm³/mol. The van der Waals surface area contributed by atoms with E-state index in [2.05, 4.69) is 19.2 Å². The molecule has 1 fully saturated rings. The first-order valence-corrected chi connectivity index (χ1v) is 5.89. The lowest BCUT2D eigenvalue weighted by atomic mass is 9.68. The van der Waals surface area contributed by atoms with Crippen LogP contribution < -0.4 is 5.32 Å². The normalized spacial score (nSPS) is 27.1. The molecule has 0 radical (unpaired) electrons. The van der Waals surface area contributed by atoms with Crippen LogP contribution >= 0.6 is 0 Å². The summed E-state index contributed by atoms with van der Waals surface area (Å²) in [6, 6.07) is 0. The summed E-state index contributed by atoms with van der Waals surface area (Å²) in [5.41, 5.74) is 0.112. The second kappa shape index (κ2) is 4.97. The molecule has 15 heavy (non-hydrogen) atoms. The maximum absolute atomic E-state index is 11.9. The summed E-state index contributed by atoms with van der Waals surface area (Å²) in [6.45, 7) is 6.38. The van der Waals surface area contributed by atoms with Gasteiger partial charge in [0.15, 0.2) is 0 Å². The summed E-state index contributed by atoms with van der Waals surface area (Å²) in [5, 5.41) is 11.9. The lowest BCUT2D eigenvalue weighted by Gasteiger charge is -2.37. The summed E-state index contributed by atoms with van der Waals surface area (Å²) in [6.07, 6.45) is 4.03. The zero-order chi connectivity index (χ0) is 11.5. The highest BCUT2D eigenvalue weighted by molar-refractivity contribution is 5.79. The first kappa shape index (κ1) is 12.5. The molecule has 1 rings (SSSR count). The van der Waals surface area contributed by atoms with Crippen LogP contribution in [0.3, 0.4) is 0 Å². The maximum atomic E-state index is 11.9. The highest BCUT2D eigenvalue weighted by Crippen LogP contribution is 2.40. The van der Waals surface area contributed by atoms with Crippen LogP contribution in [0, 0.1) is 11.3 Å². The zero-order valence-corrected chi connectivity index (χ0v) is 10.0. The van der Waals surface area contributed by atoms with Crippen molar-refractivity contribution in [3.63, 3.8) is 0 Å². The van der Waals surface area contributed by atoms with Crippen molar-refractivity contribution in [2.75, 3.05) is 6.54 Å². The van der Waals surface area contributed by atoms with Crippen LogP contribution in [0.25, 0.3) is 0 Å². The molecule has 0 heterocycles. The van der Waals surface area contributed by atoms with Gasteiger partial charge in [-0.15, -0.1) is 0 Å². The van der Waals surface area contributed by atoms with Crippen molar-refractivity contribution in [2.45, 2.75) is 52.6 Å². The fourth-order valence-electron chi connectivity index (χ4n) is 2.35. The summed E-state index contributed by atoms with van der Waals surface area (Å²) >= 11 is 0. The third-order valence-corrected chi connectivity index (χ3v) is 3.40. The molecule has 0 saturated heterocycles. The van der Waals surface area contributed by atoms with Gasteiger partial charge >= 0.3 is 0 Å². The molecular weight excluding hydrogens is 190 g/mol. The summed E-state index contributed by atoms with van der Waals surface area (Å²) in [4.78, 5) is 11.9. The summed E-state index contributed by atoms with van der Waals surface area (Å²) in [7, 11) is 0. The van der Waals surface area contributed by atoms with Gasteiger partial charge in [-0.3, -0.25) is 4.79 Å². The third kappa shape index (κ3) is 3.49. The van der Waals surface area contributed by atoms with Crippen molar-refractivity contribution in [1.82, 2.24) is 5.32 Å². The number of aliphatic hydroxyl groups is 1. The molecule has 2 atom stereocenters. The predicted octanol–water partition coefficient (Wildman–Crippen LogP) is 1.70. The Kier molecular flexibility index (Phi) is 4.14. The van der Waals surface area contributed by atoms with Crippen molar-refractivity contribution in [2.24, 2.45) is 11.3 Å². The highest BCUT2D eigenvalue weighted by Gasteiger charge is 2.36. The molecule has 0 aromatic heterocycles. The molecule has 3 heteroatoms. The van der Waals surface area contributed by atoms with Crippen LogP contribution in [0.4, 0.5) is 0 Å². The van der Waals surface area contributed by atoms with Crippen molar-refractivity contribution in [1.29, 1.82) is 0 Å². The minimum Gasteiger partial charge on any atom is -0.392 e. The monoisotopic (exact) mass is 213 g/mol. The average molecular weight is 213 g/mol. The van der Waals surface area contributed by atoms with Gasteiger partial charge < -0.3 is 10.4 Å². The molecule has 1 unspecified atom stereocenters. The number of carbonyl (C=O) groups is 1. The van der Waals surface area contributed by atoms with Crippen LogP contribution in [-0.2, 0) is 4.79 Å². The maximum Gasteiger partial charge on any atom is 0.223 e. The van der Waals surface area contributed by atoms with Gasteiger partial charge in [-0.25, -0.2) is 0 Å². The van der Waals surface area contributed by atoms with E-state index >= 15 is 0 Å². The Morgan fingerprint density at radius 3 is 2.73 bits per heavy atom. The standard InChI is InChI=1S/C12H23NO2/c1-9(14)8-13-11(15)10-6-4-5-7-12(10,2)3/h9-10,14H,4-8H2,1-3H3,(H,13,15)/t9-,10?/m0/s1. The number of hydrogen-bond acceptors (Lipinski definition) is 2. The van der Waals surface area contributed by atoms with Crippen LogP contribution in [-0.4, -0.2) is 23.7 Å². The van der Waals surface area contributed by atoms with E-state index in [0.717, 1.165) is 19.3 Å². The number of nitrogens with one attached hydrogen (secondary N) is 1. The smallest absolute Gasteiger partial charge is 0.223 e. The van der Waals surface area contributed by atoms with E-state index in [9.17, 15) is 4.79 Å². The van der Waals surface area contributed by atoms with Crippen LogP contribution in [0.5, 0.6) is 0 Å². The average Bonchev–Trinajstić information content (AvgIpc) is 2.13. The first-order chi connectivity index (χ1) is 6.93. The van der Waals surface area contributed by atoms with E-state index in [0.29, 0.717) is 6.54 Å². The van der Waals surface area contributed by atoms with E-state index in [1.165, 1.54) is 6.42 Å². The minimum atomic E-state index is -0.458. The van der Waals surface area contributed by atoms with Gasteiger partial charge in [0.05, 0.1) is 6.10 Å². The summed E-state index contributed by atoms with van der Waals surface area (Å²) < 4.78 is 0. The second-order valence-electron chi connectivity index (χ2n) is 5.38. The van der Waals surface area contributed by atoms with Crippen molar-refractivity contribution in [3.8, 4) is 0 Å². The van der Waals surface area contributed by atoms with Gasteiger partial charge in [-0.05, 0) is 25.2 Å².